The fourth-order valence-electron chi connectivity index (χ4n) is 1.91. The lowest BCUT2D eigenvalue weighted by Crippen LogP contribution is -1.89. The van der Waals surface area contributed by atoms with Crippen LogP contribution in [0.5, 0.6) is 0 Å². The molecule has 0 aromatic heterocycles. The van der Waals surface area contributed by atoms with Crippen LogP contribution >= 0.6 is 0 Å². The average Bonchev–Trinajstić information content (AvgIpc) is 2.44. The van der Waals surface area contributed by atoms with Gasteiger partial charge in [0.2, 0.25) is 0 Å². The molecule has 1 nitrogen and oxygen atoms in total. The van der Waals surface area contributed by atoms with Crippen molar-refractivity contribution in [2.75, 3.05) is 5.32 Å². The summed E-state index contributed by atoms with van der Waals surface area (Å²) in [5.74, 6) is 0. The van der Waals surface area contributed by atoms with E-state index in [1.54, 1.807) is 0 Å². The smallest absolute Gasteiger partial charge is 0.0384 e. The summed E-state index contributed by atoms with van der Waals surface area (Å²) in [4.78, 5) is 0. The molecule has 2 aromatic carbocycles. The minimum Gasteiger partial charge on any atom is -0.356 e. The largest absolute Gasteiger partial charge is 0.356 e. The average molecular weight is 249 g/mol. The van der Waals surface area contributed by atoms with Crippen molar-refractivity contribution < 1.29 is 0 Å². The van der Waals surface area contributed by atoms with Crippen LogP contribution in [0.1, 0.15) is 25.0 Å². The van der Waals surface area contributed by atoms with Crippen LogP contribution in [0.15, 0.2) is 60.7 Å². The van der Waals surface area contributed by atoms with Crippen LogP contribution < -0.4 is 5.32 Å². The zero-order chi connectivity index (χ0) is 13.5. The van der Waals surface area contributed by atoms with Crippen molar-refractivity contribution in [3.63, 3.8) is 0 Å². The van der Waals surface area contributed by atoms with Crippen molar-refractivity contribution in [3.8, 4) is 0 Å². The molecular formula is C18H19N. The Balaban J connectivity index is 2.07. The second-order valence-corrected chi connectivity index (χ2v) is 4.37. The van der Waals surface area contributed by atoms with Crippen LogP contribution in [-0.2, 0) is 0 Å². The normalized spacial score (nSPS) is 11.3. The van der Waals surface area contributed by atoms with Gasteiger partial charge < -0.3 is 5.32 Å². The number of benzene rings is 2. The van der Waals surface area contributed by atoms with Crippen LogP contribution in [0.25, 0.3) is 12.2 Å². The molecule has 0 fully saturated rings. The van der Waals surface area contributed by atoms with Crippen molar-refractivity contribution in [3.05, 3.63) is 71.8 Å². The highest BCUT2D eigenvalue weighted by Gasteiger charge is 1.94. The second kappa shape index (κ2) is 6.60. The quantitative estimate of drug-likeness (QED) is 0.754. The fraction of sp³-hybridized carbons (Fsp3) is 0.111. The van der Waals surface area contributed by atoms with Crippen molar-refractivity contribution >= 4 is 23.5 Å². The van der Waals surface area contributed by atoms with Gasteiger partial charge in [-0.2, -0.15) is 0 Å². The molecule has 96 valence electrons. The summed E-state index contributed by atoms with van der Waals surface area (Å²) >= 11 is 0. The van der Waals surface area contributed by atoms with Crippen LogP contribution in [0.2, 0.25) is 0 Å². The monoisotopic (exact) mass is 249 g/mol. The maximum Gasteiger partial charge on any atom is 0.0384 e. The molecule has 0 aliphatic heterocycles. The molecule has 0 aliphatic carbocycles. The fourth-order valence-corrected chi connectivity index (χ4v) is 1.91. The number of hydrogen-bond acceptors (Lipinski definition) is 1. The van der Waals surface area contributed by atoms with Gasteiger partial charge in [0.1, 0.15) is 0 Å². The molecular weight excluding hydrogens is 230 g/mol. The highest BCUT2D eigenvalue weighted by Crippen LogP contribution is 2.18. The van der Waals surface area contributed by atoms with Gasteiger partial charge in [0.05, 0.1) is 0 Å². The molecule has 1 N–H and O–H groups in total. The van der Waals surface area contributed by atoms with E-state index in [1.165, 1.54) is 11.1 Å². The number of nitrogens with one attached hydrogen (secondary N) is 1. The summed E-state index contributed by atoms with van der Waals surface area (Å²) in [7, 11) is 0. The van der Waals surface area contributed by atoms with E-state index in [0.717, 1.165) is 11.4 Å². The van der Waals surface area contributed by atoms with Crippen LogP contribution in [0.4, 0.5) is 11.4 Å². The Labute approximate surface area is 115 Å². The van der Waals surface area contributed by atoms with Gasteiger partial charge in [-0.3, -0.25) is 0 Å². The number of anilines is 2. The Hall–Kier alpha value is -2.28. The standard InChI is InChI=1S/C18H19N/c1-3-5-15-7-11-17(12-8-15)19-18-13-9-16(6-4-2)10-14-18/h3-14,19H,1-2H3/b5-3+,6-4+. The van der Waals surface area contributed by atoms with Crippen molar-refractivity contribution in [1.82, 2.24) is 0 Å². The van der Waals surface area contributed by atoms with E-state index in [9.17, 15) is 0 Å². The van der Waals surface area contributed by atoms with Gasteiger partial charge >= 0.3 is 0 Å². The van der Waals surface area contributed by atoms with Gasteiger partial charge in [0, 0.05) is 11.4 Å². The minimum absolute atomic E-state index is 1.10. The van der Waals surface area contributed by atoms with Gasteiger partial charge in [-0.15, -0.1) is 0 Å². The summed E-state index contributed by atoms with van der Waals surface area (Å²) in [5, 5.41) is 3.39. The van der Waals surface area contributed by atoms with Crippen LogP contribution in [0, 0.1) is 0 Å². The summed E-state index contributed by atoms with van der Waals surface area (Å²) in [5.41, 5.74) is 4.65. The third kappa shape index (κ3) is 3.85. The van der Waals surface area contributed by atoms with E-state index in [4.69, 9.17) is 0 Å². The Morgan fingerprint density at radius 3 is 1.32 bits per heavy atom. The summed E-state index contributed by atoms with van der Waals surface area (Å²) in [6, 6.07) is 16.8. The molecule has 19 heavy (non-hydrogen) atoms. The first kappa shape index (κ1) is 13.2. The molecule has 0 bridgehead atoms. The highest BCUT2D eigenvalue weighted by atomic mass is 14.9. The van der Waals surface area contributed by atoms with Crippen LogP contribution in [0.3, 0.4) is 0 Å². The first-order valence-electron chi connectivity index (χ1n) is 6.54. The topological polar surface area (TPSA) is 12.0 Å². The molecule has 0 radical (unpaired) electrons. The van der Waals surface area contributed by atoms with Crippen molar-refractivity contribution in [1.29, 1.82) is 0 Å². The minimum atomic E-state index is 1.10. The maximum absolute atomic E-state index is 3.39. The molecule has 0 amide bonds. The maximum atomic E-state index is 3.39. The second-order valence-electron chi connectivity index (χ2n) is 4.37. The lowest BCUT2D eigenvalue weighted by Gasteiger charge is -2.07. The predicted octanol–water partition coefficient (Wildman–Crippen LogP) is 5.50. The molecule has 0 heterocycles. The number of hydrogen-bond donors (Lipinski definition) is 1. The van der Waals surface area contributed by atoms with E-state index in [0.29, 0.717) is 0 Å². The van der Waals surface area contributed by atoms with E-state index >= 15 is 0 Å². The number of rotatable bonds is 4. The molecule has 0 atom stereocenters. The zero-order valence-electron chi connectivity index (χ0n) is 11.4. The van der Waals surface area contributed by atoms with Gasteiger partial charge in [0.15, 0.2) is 0 Å². The first-order chi connectivity index (χ1) is 9.31. The van der Waals surface area contributed by atoms with Crippen molar-refractivity contribution in [2.45, 2.75) is 13.8 Å². The molecule has 0 aliphatic rings. The lowest BCUT2D eigenvalue weighted by atomic mass is 10.1. The molecule has 0 saturated heterocycles. The van der Waals surface area contributed by atoms with E-state index in [-0.39, 0.29) is 0 Å². The first-order valence-corrected chi connectivity index (χ1v) is 6.54. The van der Waals surface area contributed by atoms with E-state index in [2.05, 4.69) is 66.0 Å². The molecule has 1 heteroatoms. The Morgan fingerprint density at radius 1 is 0.632 bits per heavy atom. The molecule has 0 spiro atoms. The SMILES string of the molecule is C/C=C/c1ccc(Nc2ccc(/C=C/C)cc2)cc1. The van der Waals surface area contributed by atoms with E-state index < -0.39 is 0 Å². The lowest BCUT2D eigenvalue weighted by molar-refractivity contribution is 1.53. The third-order valence-electron chi connectivity index (χ3n) is 2.83. The zero-order valence-corrected chi connectivity index (χ0v) is 11.4. The van der Waals surface area contributed by atoms with Gasteiger partial charge in [0.25, 0.3) is 0 Å². The summed E-state index contributed by atoms with van der Waals surface area (Å²) in [6.45, 7) is 4.05. The Morgan fingerprint density at radius 2 is 1.00 bits per heavy atom. The van der Waals surface area contributed by atoms with Gasteiger partial charge in [-0.25, -0.2) is 0 Å². The summed E-state index contributed by atoms with van der Waals surface area (Å²) < 4.78 is 0. The molecule has 0 unspecified atom stereocenters. The summed E-state index contributed by atoms with van der Waals surface area (Å²) in [6.07, 6.45) is 8.27. The van der Waals surface area contributed by atoms with Gasteiger partial charge in [-0.05, 0) is 49.2 Å². The predicted molar refractivity (Wildman–Crippen MR) is 85.6 cm³/mol. The highest BCUT2D eigenvalue weighted by molar-refractivity contribution is 5.64. The molecule has 0 saturated carbocycles. The third-order valence-corrected chi connectivity index (χ3v) is 2.83. The Bertz CT molecular complexity index is 506. The molecule has 2 rings (SSSR count). The van der Waals surface area contributed by atoms with Crippen LogP contribution in [-0.4, -0.2) is 0 Å². The van der Waals surface area contributed by atoms with Gasteiger partial charge in [-0.1, -0.05) is 48.6 Å². The Kier molecular flexibility index (Phi) is 4.57. The molecule has 2 aromatic rings. The van der Waals surface area contributed by atoms with Crippen molar-refractivity contribution in [2.24, 2.45) is 0 Å². The van der Waals surface area contributed by atoms with E-state index in [1.807, 2.05) is 26.0 Å². The number of allylic oxidation sites excluding steroid dienone is 2.